The third-order valence-electron chi connectivity index (χ3n) is 4.08. The van der Waals surface area contributed by atoms with Crippen molar-refractivity contribution in [1.29, 1.82) is 0 Å². The second-order valence-electron chi connectivity index (χ2n) is 5.75. The number of hydrogen-bond acceptors (Lipinski definition) is 2. The van der Waals surface area contributed by atoms with Crippen molar-refractivity contribution in [2.24, 2.45) is 0 Å². The molecule has 3 nitrogen and oxygen atoms in total. The number of carbonyl (C=O) groups excluding carboxylic acids is 1. The summed E-state index contributed by atoms with van der Waals surface area (Å²) in [6, 6.07) is 15.3. The maximum Gasteiger partial charge on any atom is 0.408 e. The molecule has 0 spiro atoms. The Kier molecular flexibility index (Phi) is 4.28. The molecule has 120 valence electrons. The summed E-state index contributed by atoms with van der Waals surface area (Å²) in [6.45, 7) is 0.110. The standard InChI is InChI=1S/C18H17F2NO2/c19-14-10-18(11-14,15-8-4-5-9-16(15)20)21-17(22)23-12-13-6-2-1-3-7-13/h1-9,14H,10-12H2,(H,21,22). The molecule has 3 rings (SSSR count). The number of hydrogen-bond donors (Lipinski definition) is 1. The topological polar surface area (TPSA) is 38.3 Å². The molecule has 0 aliphatic heterocycles. The summed E-state index contributed by atoms with van der Waals surface area (Å²) in [5.74, 6) is -0.456. The Balaban J connectivity index is 1.68. The summed E-state index contributed by atoms with van der Waals surface area (Å²) in [5, 5.41) is 2.65. The van der Waals surface area contributed by atoms with Crippen LogP contribution in [0, 0.1) is 5.82 Å². The summed E-state index contributed by atoms with van der Waals surface area (Å²) in [6.07, 6.45) is -1.63. The lowest BCUT2D eigenvalue weighted by molar-refractivity contribution is 0.0508. The highest BCUT2D eigenvalue weighted by Gasteiger charge is 2.49. The van der Waals surface area contributed by atoms with Crippen LogP contribution in [0.2, 0.25) is 0 Å². The highest BCUT2D eigenvalue weighted by atomic mass is 19.1. The number of carbonyl (C=O) groups is 1. The average Bonchev–Trinajstić information content (AvgIpc) is 2.53. The molecule has 0 aromatic heterocycles. The summed E-state index contributed by atoms with van der Waals surface area (Å²) in [4.78, 5) is 12.0. The molecule has 1 aliphatic carbocycles. The SMILES string of the molecule is O=C(NC1(c2ccccc2F)CC(F)C1)OCc1ccccc1. The number of halogens is 2. The molecule has 1 saturated carbocycles. The minimum Gasteiger partial charge on any atom is -0.445 e. The van der Waals surface area contributed by atoms with Crippen molar-refractivity contribution in [3.05, 3.63) is 71.5 Å². The minimum absolute atomic E-state index is 0.0500. The van der Waals surface area contributed by atoms with E-state index in [4.69, 9.17) is 4.74 Å². The van der Waals surface area contributed by atoms with Gasteiger partial charge < -0.3 is 10.1 Å². The lowest BCUT2D eigenvalue weighted by Gasteiger charge is -2.44. The third kappa shape index (κ3) is 3.33. The Morgan fingerprint density at radius 1 is 1.13 bits per heavy atom. The molecule has 1 amide bonds. The maximum absolute atomic E-state index is 14.0. The monoisotopic (exact) mass is 317 g/mol. The number of nitrogens with one attached hydrogen (secondary N) is 1. The first kappa shape index (κ1) is 15.5. The largest absolute Gasteiger partial charge is 0.445 e. The van der Waals surface area contributed by atoms with Gasteiger partial charge in [0.1, 0.15) is 18.6 Å². The molecule has 2 aromatic rings. The van der Waals surface area contributed by atoms with E-state index >= 15 is 0 Å². The Hall–Kier alpha value is -2.43. The maximum atomic E-state index is 14.0. The zero-order chi connectivity index (χ0) is 16.3. The molecule has 5 heteroatoms. The van der Waals surface area contributed by atoms with E-state index in [1.54, 1.807) is 18.2 Å². The van der Waals surface area contributed by atoms with Gasteiger partial charge in [0.2, 0.25) is 0 Å². The Morgan fingerprint density at radius 2 is 1.78 bits per heavy atom. The minimum atomic E-state index is -1.05. The highest BCUT2D eigenvalue weighted by molar-refractivity contribution is 5.69. The van der Waals surface area contributed by atoms with E-state index in [-0.39, 0.29) is 19.4 Å². The molecule has 2 aromatic carbocycles. The van der Waals surface area contributed by atoms with Crippen LogP contribution in [-0.2, 0) is 16.9 Å². The zero-order valence-corrected chi connectivity index (χ0v) is 12.5. The van der Waals surface area contributed by atoms with E-state index in [0.29, 0.717) is 5.56 Å². The molecule has 0 atom stereocenters. The van der Waals surface area contributed by atoms with Gasteiger partial charge in [0.25, 0.3) is 0 Å². The number of amides is 1. The van der Waals surface area contributed by atoms with E-state index in [9.17, 15) is 13.6 Å². The van der Waals surface area contributed by atoms with Gasteiger partial charge in [0, 0.05) is 18.4 Å². The van der Waals surface area contributed by atoms with E-state index in [0.717, 1.165) is 5.56 Å². The molecule has 0 saturated heterocycles. The van der Waals surface area contributed by atoms with Crippen LogP contribution < -0.4 is 5.32 Å². The highest BCUT2D eigenvalue weighted by Crippen LogP contribution is 2.44. The fraction of sp³-hybridized carbons (Fsp3) is 0.278. The van der Waals surface area contributed by atoms with Crippen LogP contribution in [0.4, 0.5) is 13.6 Å². The van der Waals surface area contributed by atoms with Gasteiger partial charge in [-0.3, -0.25) is 0 Å². The van der Waals surface area contributed by atoms with Crippen molar-refractivity contribution in [3.8, 4) is 0 Å². The molecule has 1 N–H and O–H groups in total. The van der Waals surface area contributed by atoms with Crippen molar-refractivity contribution in [1.82, 2.24) is 5.32 Å². The normalized spacial score (nSPS) is 23.0. The van der Waals surface area contributed by atoms with E-state index < -0.39 is 23.6 Å². The van der Waals surface area contributed by atoms with Crippen LogP contribution in [0.5, 0.6) is 0 Å². The first-order chi connectivity index (χ1) is 11.1. The average molecular weight is 317 g/mol. The summed E-state index contributed by atoms with van der Waals surface area (Å²) < 4.78 is 32.6. The fourth-order valence-corrected chi connectivity index (χ4v) is 2.89. The quantitative estimate of drug-likeness (QED) is 0.923. The van der Waals surface area contributed by atoms with Gasteiger partial charge >= 0.3 is 6.09 Å². The van der Waals surface area contributed by atoms with Crippen LogP contribution in [0.25, 0.3) is 0 Å². The van der Waals surface area contributed by atoms with Crippen LogP contribution in [0.1, 0.15) is 24.0 Å². The molecule has 1 aliphatic rings. The van der Waals surface area contributed by atoms with Crippen LogP contribution in [0.3, 0.4) is 0 Å². The van der Waals surface area contributed by atoms with Crippen LogP contribution in [-0.4, -0.2) is 12.3 Å². The van der Waals surface area contributed by atoms with Gasteiger partial charge in [-0.2, -0.15) is 0 Å². The molecular weight excluding hydrogens is 300 g/mol. The van der Waals surface area contributed by atoms with E-state index in [1.165, 1.54) is 6.07 Å². The molecular formula is C18H17F2NO2. The molecule has 0 heterocycles. The molecule has 0 radical (unpaired) electrons. The van der Waals surface area contributed by atoms with E-state index in [2.05, 4.69) is 5.32 Å². The zero-order valence-electron chi connectivity index (χ0n) is 12.5. The van der Waals surface area contributed by atoms with Gasteiger partial charge in [0.15, 0.2) is 0 Å². The van der Waals surface area contributed by atoms with Crippen molar-refractivity contribution < 1.29 is 18.3 Å². The molecule has 0 unspecified atom stereocenters. The predicted molar refractivity (Wildman–Crippen MR) is 82.0 cm³/mol. The van der Waals surface area contributed by atoms with Crippen molar-refractivity contribution in [3.63, 3.8) is 0 Å². The molecule has 23 heavy (non-hydrogen) atoms. The first-order valence-corrected chi connectivity index (χ1v) is 7.47. The van der Waals surface area contributed by atoms with Crippen molar-refractivity contribution in [2.45, 2.75) is 31.2 Å². The third-order valence-corrected chi connectivity index (χ3v) is 4.08. The number of alkyl carbamates (subject to hydrolysis) is 1. The van der Waals surface area contributed by atoms with Gasteiger partial charge in [-0.25, -0.2) is 13.6 Å². The van der Waals surface area contributed by atoms with Gasteiger partial charge in [-0.15, -0.1) is 0 Å². The first-order valence-electron chi connectivity index (χ1n) is 7.47. The van der Waals surface area contributed by atoms with Gasteiger partial charge in [-0.1, -0.05) is 48.5 Å². The van der Waals surface area contributed by atoms with Gasteiger partial charge in [-0.05, 0) is 11.6 Å². The second kappa shape index (κ2) is 6.36. The number of rotatable bonds is 4. The van der Waals surface area contributed by atoms with Crippen LogP contribution in [0.15, 0.2) is 54.6 Å². The molecule has 0 bridgehead atoms. The van der Waals surface area contributed by atoms with Crippen molar-refractivity contribution >= 4 is 6.09 Å². The second-order valence-corrected chi connectivity index (χ2v) is 5.75. The summed E-state index contributed by atoms with van der Waals surface area (Å²) in [5.41, 5.74) is 0.114. The Morgan fingerprint density at radius 3 is 2.43 bits per heavy atom. The Bertz CT molecular complexity index is 684. The molecule has 1 fully saturated rings. The number of alkyl halides is 1. The Labute approximate surface area is 133 Å². The number of benzene rings is 2. The predicted octanol–water partition coefficient (Wildman–Crippen LogP) is 4.08. The van der Waals surface area contributed by atoms with Crippen molar-refractivity contribution in [2.75, 3.05) is 0 Å². The lowest BCUT2D eigenvalue weighted by atomic mass is 9.70. The fourth-order valence-electron chi connectivity index (χ4n) is 2.89. The number of ether oxygens (including phenoxy) is 1. The van der Waals surface area contributed by atoms with Crippen LogP contribution >= 0.6 is 0 Å². The van der Waals surface area contributed by atoms with E-state index in [1.807, 2.05) is 30.3 Å². The smallest absolute Gasteiger partial charge is 0.408 e. The summed E-state index contributed by atoms with van der Waals surface area (Å²) >= 11 is 0. The van der Waals surface area contributed by atoms with Gasteiger partial charge in [0.05, 0.1) is 5.54 Å². The summed E-state index contributed by atoms with van der Waals surface area (Å²) in [7, 11) is 0. The lowest BCUT2D eigenvalue weighted by Crippen LogP contribution is -2.56.